The summed E-state index contributed by atoms with van der Waals surface area (Å²) in [7, 11) is 0. The maximum atomic E-state index is 10.7. The number of benzene rings is 1. The van der Waals surface area contributed by atoms with E-state index in [0.29, 0.717) is 5.92 Å². The Hall–Kier alpha value is -0.820. The van der Waals surface area contributed by atoms with Gasteiger partial charge in [0.25, 0.3) is 0 Å². The molecule has 0 spiro atoms. The van der Waals surface area contributed by atoms with E-state index in [2.05, 4.69) is 38.1 Å². The molecule has 1 fully saturated rings. The summed E-state index contributed by atoms with van der Waals surface area (Å²) in [6.07, 6.45) is 5.50. The van der Waals surface area contributed by atoms with Gasteiger partial charge in [0.05, 0.1) is 5.60 Å². The molecule has 1 aromatic carbocycles. The average molecular weight is 218 g/mol. The summed E-state index contributed by atoms with van der Waals surface area (Å²) >= 11 is 0. The molecular formula is C15H22O. The van der Waals surface area contributed by atoms with E-state index in [-0.39, 0.29) is 0 Å². The maximum absolute atomic E-state index is 10.7. The van der Waals surface area contributed by atoms with Gasteiger partial charge in [-0.25, -0.2) is 0 Å². The predicted molar refractivity (Wildman–Crippen MR) is 67.3 cm³/mol. The zero-order valence-corrected chi connectivity index (χ0v) is 10.4. The van der Waals surface area contributed by atoms with Gasteiger partial charge >= 0.3 is 0 Å². The molecule has 1 saturated carbocycles. The number of aliphatic hydroxyl groups is 1. The highest BCUT2D eigenvalue weighted by Gasteiger charge is 2.43. The van der Waals surface area contributed by atoms with Gasteiger partial charge in [-0.3, -0.25) is 0 Å². The Labute approximate surface area is 98.5 Å². The topological polar surface area (TPSA) is 20.2 Å². The van der Waals surface area contributed by atoms with E-state index in [9.17, 15) is 5.11 Å². The highest BCUT2D eigenvalue weighted by atomic mass is 16.3. The van der Waals surface area contributed by atoms with Crippen molar-refractivity contribution >= 4 is 0 Å². The molecule has 1 N–H and O–H groups in total. The summed E-state index contributed by atoms with van der Waals surface area (Å²) in [5.41, 5.74) is 1.92. The molecule has 0 aromatic heterocycles. The number of hydrogen-bond acceptors (Lipinski definition) is 1. The van der Waals surface area contributed by atoms with Crippen LogP contribution in [0.1, 0.15) is 50.7 Å². The second kappa shape index (κ2) is 4.58. The highest BCUT2D eigenvalue weighted by Crippen LogP contribution is 2.47. The minimum Gasteiger partial charge on any atom is -0.385 e. The van der Waals surface area contributed by atoms with Crippen LogP contribution < -0.4 is 0 Å². The average Bonchev–Trinajstić information content (AvgIpc) is 3.14. The lowest BCUT2D eigenvalue weighted by Crippen LogP contribution is -2.27. The first-order valence-electron chi connectivity index (χ1n) is 6.52. The Morgan fingerprint density at radius 3 is 2.25 bits per heavy atom. The van der Waals surface area contributed by atoms with Crippen LogP contribution in [0.2, 0.25) is 0 Å². The minimum atomic E-state index is -0.565. The summed E-state index contributed by atoms with van der Waals surface area (Å²) in [6.45, 7) is 4.28. The van der Waals surface area contributed by atoms with Crippen LogP contribution in [0, 0.1) is 5.92 Å². The van der Waals surface area contributed by atoms with Gasteiger partial charge in [-0.15, -0.1) is 0 Å². The van der Waals surface area contributed by atoms with Crippen LogP contribution in [0.4, 0.5) is 0 Å². The van der Waals surface area contributed by atoms with Crippen LogP contribution in [0.3, 0.4) is 0 Å². The quantitative estimate of drug-likeness (QED) is 0.800. The van der Waals surface area contributed by atoms with Crippen molar-refractivity contribution in [2.24, 2.45) is 5.92 Å². The molecule has 1 aromatic rings. The Balaban J connectivity index is 2.19. The van der Waals surface area contributed by atoms with E-state index in [1.165, 1.54) is 24.8 Å². The van der Waals surface area contributed by atoms with Crippen LogP contribution in [-0.4, -0.2) is 5.11 Å². The van der Waals surface area contributed by atoms with Crippen LogP contribution in [0.25, 0.3) is 0 Å². The molecule has 0 bridgehead atoms. The SMILES string of the molecule is CCCc1ccc(C(O)(CC)C2CC2)cc1. The first-order valence-corrected chi connectivity index (χ1v) is 6.52. The van der Waals surface area contributed by atoms with E-state index >= 15 is 0 Å². The van der Waals surface area contributed by atoms with Gasteiger partial charge in [0.15, 0.2) is 0 Å². The summed E-state index contributed by atoms with van der Waals surface area (Å²) in [6, 6.07) is 8.57. The fourth-order valence-electron chi connectivity index (χ4n) is 2.54. The molecule has 88 valence electrons. The molecule has 1 nitrogen and oxygen atoms in total. The largest absolute Gasteiger partial charge is 0.385 e. The molecule has 1 heteroatoms. The zero-order valence-electron chi connectivity index (χ0n) is 10.4. The lowest BCUT2D eigenvalue weighted by Gasteiger charge is -2.27. The lowest BCUT2D eigenvalue weighted by molar-refractivity contribution is 0.00889. The van der Waals surface area contributed by atoms with Crippen molar-refractivity contribution in [3.63, 3.8) is 0 Å². The van der Waals surface area contributed by atoms with Crippen molar-refractivity contribution in [3.8, 4) is 0 Å². The fraction of sp³-hybridized carbons (Fsp3) is 0.600. The maximum Gasteiger partial charge on any atom is 0.0921 e. The normalized spacial score (nSPS) is 19.4. The Kier molecular flexibility index (Phi) is 3.34. The lowest BCUT2D eigenvalue weighted by atomic mass is 9.86. The molecule has 1 aliphatic rings. The van der Waals surface area contributed by atoms with E-state index in [1.54, 1.807) is 0 Å². The molecule has 16 heavy (non-hydrogen) atoms. The predicted octanol–water partition coefficient (Wildman–Crippen LogP) is 3.65. The second-order valence-electron chi connectivity index (χ2n) is 5.00. The monoisotopic (exact) mass is 218 g/mol. The van der Waals surface area contributed by atoms with Crippen molar-refractivity contribution in [2.75, 3.05) is 0 Å². The summed E-state index contributed by atoms with van der Waals surface area (Å²) in [5, 5.41) is 10.7. The van der Waals surface area contributed by atoms with Crippen molar-refractivity contribution < 1.29 is 5.11 Å². The van der Waals surface area contributed by atoms with E-state index in [4.69, 9.17) is 0 Å². The molecule has 1 atom stereocenters. The molecule has 0 amide bonds. The molecular weight excluding hydrogens is 196 g/mol. The Bertz CT molecular complexity index is 337. The third-order valence-corrected chi connectivity index (χ3v) is 3.78. The van der Waals surface area contributed by atoms with Gasteiger partial charge in [-0.2, -0.15) is 0 Å². The van der Waals surface area contributed by atoms with Crippen molar-refractivity contribution in [2.45, 2.75) is 51.6 Å². The molecule has 0 aliphatic heterocycles. The third-order valence-electron chi connectivity index (χ3n) is 3.78. The highest BCUT2D eigenvalue weighted by molar-refractivity contribution is 5.29. The smallest absolute Gasteiger partial charge is 0.0921 e. The minimum absolute atomic E-state index is 0.495. The molecule has 1 unspecified atom stereocenters. The first-order chi connectivity index (χ1) is 7.70. The molecule has 0 radical (unpaired) electrons. The van der Waals surface area contributed by atoms with Gasteiger partial charge in [-0.1, -0.05) is 44.5 Å². The van der Waals surface area contributed by atoms with Gasteiger partial charge in [-0.05, 0) is 42.7 Å². The summed E-state index contributed by atoms with van der Waals surface area (Å²) in [5.74, 6) is 0.495. The van der Waals surface area contributed by atoms with Crippen molar-refractivity contribution in [1.82, 2.24) is 0 Å². The van der Waals surface area contributed by atoms with E-state index in [0.717, 1.165) is 18.4 Å². The molecule has 1 aliphatic carbocycles. The standard InChI is InChI=1S/C15H22O/c1-3-5-12-6-8-13(9-7-12)15(16,4-2)14-10-11-14/h6-9,14,16H,3-5,10-11H2,1-2H3. The van der Waals surface area contributed by atoms with Crippen LogP contribution in [0.15, 0.2) is 24.3 Å². The van der Waals surface area contributed by atoms with Crippen molar-refractivity contribution in [3.05, 3.63) is 35.4 Å². The molecule has 0 saturated heterocycles. The second-order valence-corrected chi connectivity index (χ2v) is 5.00. The van der Waals surface area contributed by atoms with Crippen molar-refractivity contribution in [1.29, 1.82) is 0 Å². The number of hydrogen-bond donors (Lipinski definition) is 1. The number of aryl methyl sites for hydroxylation is 1. The van der Waals surface area contributed by atoms with Gasteiger partial charge in [0.1, 0.15) is 0 Å². The zero-order chi connectivity index (χ0) is 11.6. The van der Waals surface area contributed by atoms with Gasteiger partial charge in [0.2, 0.25) is 0 Å². The Morgan fingerprint density at radius 2 is 1.81 bits per heavy atom. The Morgan fingerprint density at radius 1 is 1.19 bits per heavy atom. The van der Waals surface area contributed by atoms with Crippen LogP contribution >= 0.6 is 0 Å². The van der Waals surface area contributed by atoms with Crippen LogP contribution in [-0.2, 0) is 12.0 Å². The van der Waals surface area contributed by atoms with E-state index < -0.39 is 5.60 Å². The fourth-order valence-corrected chi connectivity index (χ4v) is 2.54. The summed E-state index contributed by atoms with van der Waals surface area (Å²) < 4.78 is 0. The van der Waals surface area contributed by atoms with Gasteiger partial charge < -0.3 is 5.11 Å². The first kappa shape index (κ1) is 11.7. The third kappa shape index (κ3) is 2.15. The molecule has 0 heterocycles. The van der Waals surface area contributed by atoms with E-state index in [1.807, 2.05) is 0 Å². The molecule has 2 rings (SSSR count). The van der Waals surface area contributed by atoms with Crippen LogP contribution in [0.5, 0.6) is 0 Å². The number of rotatable bonds is 5. The van der Waals surface area contributed by atoms with Gasteiger partial charge in [0, 0.05) is 0 Å². The summed E-state index contributed by atoms with van der Waals surface area (Å²) in [4.78, 5) is 0.